The second-order valence-electron chi connectivity index (χ2n) is 10.7. The van der Waals surface area contributed by atoms with Crippen molar-refractivity contribution in [3.8, 4) is 0 Å². The van der Waals surface area contributed by atoms with Gasteiger partial charge in [0.2, 0.25) is 5.91 Å². The van der Waals surface area contributed by atoms with Gasteiger partial charge in [0.15, 0.2) is 0 Å². The summed E-state index contributed by atoms with van der Waals surface area (Å²) in [5.74, 6) is 1.98. The lowest BCUT2D eigenvalue weighted by atomic mass is 9.95. The number of benzene rings is 2. The first-order valence-corrected chi connectivity index (χ1v) is 13.2. The highest BCUT2D eigenvalue weighted by atomic mass is 16.1. The number of para-hydroxylation sites is 2. The summed E-state index contributed by atoms with van der Waals surface area (Å²) < 4.78 is 2.50. The normalized spacial score (nSPS) is 25.5. The van der Waals surface area contributed by atoms with Crippen LogP contribution in [-0.2, 0) is 4.79 Å². The van der Waals surface area contributed by atoms with Gasteiger partial charge >= 0.3 is 0 Å². The zero-order valence-corrected chi connectivity index (χ0v) is 20.2. The molecule has 1 saturated carbocycles. The van der Waals surface area contributed by atoms with E-state index in [2.05, 4.69) is 76.3 Å². The summed E-state index contributed by atoms with van der Waals surface area (Å²) in [5.41, 5.74) is 3.62. The number of nitrogens with zero attached hydrogens (tertiary/aromatic N) is 3. The van der Waals surface area contributed by atoms with Crippen LogP contribution >= 0.6 is 0 Å². The number of imidazole rings is 1. The van der Waals surface area contributed by atoms with Crippen LogP contribution in [0.4, 0.5) is 0 Å². The van der Waals surface area contributed by atoms with E-state index >= 15 is 0 Å². The van der Waals surface area contributed by atoms with Crippen molar-refractivity contribution in [1.82, 2.24) is 19.8 Å². The summed E-state index contributed by atoms with van der Waals surface area (Å²) in [7, 11) is 0. The van der Waals surface area contributed by atoms with Crippen LogP contribution in [0, 0.1) is 12.8 Å². The van der Waals surface area contributed by atoms with Crippen LogP contribution in [0.2, 0.25) is 0 Å². The van der Waals surface area contributed by atoms with Crippen molar-refractivity contribution in [3.05, 3.63) is 66.0 Å². The number of piperidine rings is 1. The Morgan fingerprint density at radius 3 is 2.41 bits per heavy atom. The number of fused-ring (bicyclic) bond motifs is 3. The van der Waals surface area contributed by atoms with Gasteiger partial charge in [0, 0.05) is 31.1 Å². The molecule has 0 radical (unpaired) electrons. The predicted molar refractivity (Wildman–Crippen MR) is 136 cm³/mol. The lowest BCUT2D eigenvalue weighted by Gasteiger charge is -2.40. The molecular weight excluding hydrogens is 420 g/mol. The third-order valence-electron chi connectivity index (χ3n) is 8.38. The van der Waals surface area contributed by atoms with Gasteiger partial charge < -0.3 is 9.88 Å². The average Bonchev–Trinajstić information content (AvgIpc) is 3.54. The van der Waals surface area contributed by atoms with Crippen LogP contribution in [0.25, 0.3) is 11.0 Å². The molecule has 2 saturated heterocycles. The molecule has 1 N–H and O–H groups in total. The lowest BCUT2D eigenvalue weighted by molar-refractivity contribution is -0.122. The van der Waals surface area contributed by atoms with Crippen LogP contribution in [0.1, 0.15) is 74.8 Å². The quantitative estimate of drug-likeness (QED) is 0.483. The van der Waals surface area contributed by atoms with Crippen molar-refractivity contribution >= 4 is 16.9 Å². The van der Waals surface area contributed by atoms with E-state index < -0.39 is 0 Å². The lowest BCUT2D eigenvalue weighted by Crippen LogP contribution is -2.45. The largest absolute Gasteiger partial charge is 0.349 e. The highest BCUT2D eigenvalue weighted by Gasteiger charge is 2.41. The summed E-state index contributed by atoms with van der Waals surface area (Å²) in [4.78, 5) is 20.2. The van der Waals surface area contributed by atoms with Gasteiger partial charge in [-0.15, -0.1) is 0 Å². The third-order valence-corrected chi connectivity index (χ3v) is 8.38. The van der Waals surface area contributed by atoms with E-state index in [0.29, 0.717) is 30.5 Å². The molecule has 0 spiro atoms. The molecule has 1 aliphatic carbocycles. The zero-order valence-electron chi connectivity index (χ0n) is 20.2. The summed E-state index contributed by atoms with van der Waals surface area (Å²) >= 11 is 0. The molecule has 2 bridgehead atoms. The molecule has 3 aliphatic rings. The summed E-state index contributed by atoms with van der Waals surface area (Å²) in [6.07, 6.45) is 9.07. The van der Waals surface area contributed by atoms with Gasteiger partial charge in [-0.25, -0.2) is 4.98 Å². The first-order valence-electron chi connectivity index (χ1n) is 13.2. The average molecular weight is 457 g/mol. The molecule has 6 rings (SSSR count). The molecule has 3 atom stereocenters. The monoisotopic (exact) mass is 456 g/mol. The molecule has 5 nitrogen and oxygen atoms in total. The SMILES string of the molecule is Cc1nc2ccccc2n1C1CC2CCC(C1)N2CC[C@@H](NC(=O)CC1CC1)c1ccccc1. The molecule has 34 heavy (non-hydrogen) atoms. The van der Waals surface area contributed by atoms with E-state index in [1.807, 2.05) is 0 Å². The number of nitrogens with one attached hydrogen (secondary N) is 1. The van der Waals surface area contributed by atoms with Gasteiger partial charge in [-0.05, 0) is 75.5 Å². The van der Waals surface area contributed by atoms with Crippen LogP contribution in [0.5, 0.6) is 0 Å². The van der Waals surface area contributed by atoms with Gasteiger partial charge in [-0.3, -0.25) is 9.69 Å². The molecule has 3 heterocycles. The molecule has 2 aliphatic heterocycles. The Hall–Kier alpha value is -2.66. The Kier molecular flexibility index (Phi) is 5.90. The van der Waals surface area contributed by atoms with E-state index in [1.54, 1.807) is 0 Å². The molecular formula is C29H36N4O. The maximum Gasteiger partial charge on any atom is 0.220 e. The second-order valence-corrected chi connectivity index (χ2v) is 10.7. The molecule has 2 aromatic carbocycles. The second kappa shape index (κ2) is 9.18. The van der Waals surface area contributed by atoms with Crippen LogP contribution in [0.3, 0.4) is 0 Å². The van der Waals surface area contributed by atoms with E-state index in [1.165, 1.54) is 49.6 Å². The van der Waals surface area contributed by atoms with Crippen LogP contribution < -0.4 is 5.32 Å². The van der Waals surface area contributed by atoms with Gasteiger partial charge in [0.1, 0.15) is 5.82 Å². The Bertz CT molecular complexity index is 1140. The zero-order chi connectivity index (χ0) is 23.1. The van der Waals surface area contributed by atoms with E-state index in [4.69, 9.17) is 4.98 Å². The van der Waals surface area contributed by atoms with Crippen LogP contribution in [0.15, 0.2) is 54.6 Å². The highest BCUT2D eigenvalue weighted by Crippen LogP contribution is 2.42. The van der Waals surface area contributed by atoms with Crippen molar-refractivity contribution in [1.29, 1.82) is 0 Å². The number of aromatic nitrogens is 2. The van der Waals surface area contributed by atoms with E-state index in [9.17, 15) is 4.79 Å². The number of rotatable bonds is 8. The summed E-state index contributed by atoms with van der Waals surface area (Å²) in [6.45, 7) is 3.21. The molecule has 178 valence electrons. The maximum absolute atomic E-state index is 12.6. The van der Waals surface area contributed by atoms with Crippen LogP contribution in [-0.4, -0.2) is 39.0 Å². The Morgan fingerprint density at radius 1 is 0.971 bits per heavy atom. The van der Waals surface area contributed by atoms with Crippen molar-refractivity contribution in [2.75, 3.05) is 6.54 Å². The fraction of sp³-hybridized carbons (Fsp3) is 0.517. The Labute approximate surface area is 202 Å². The third kappa shape index (κ3) is 4.38. The number of carbonyl (C=O) groups excluding carboxylic acids is 1. The smallest absolute Gasteiger partial charge is 0.220 e. The van der Waals surface area contributed by atoms with Gasteiger partial charge in [0.05, 0.1) is 17.1 Å². The molecule has 2 unspecified atom stereocenters. The topological polar surface area (TPSA) is 50.2 Å². The van der Waals surface area contributed by atoms with E-state index in [-0.39, 0.29) is 11.9 Å². The van der Waals surface area contributed by atoms with E-state index in [0.717, 1.165) is 24.3 Å². The summed E-state index contributed by atoms with van der Waals surface area (Å²) in [6, 6.07) is 21.0. The van der Waals surface area contributed by atoms with Gasteiger partial charge in [-0.2, -0.15) is 0 Å². The fourth-order valence-electron chi connectivity index (χ4n) is 6.57. The molecule has 1 amide bonds. The minimum absolute atomic E-state index is 0.101. The van der Waals surface area contributed by atoms with Crippen molar-refractivity contribution in [2.24, 2.45) is 5.92 Å². The molecule has 3 aromatic rings. The number of hydrogen-bond acceptors (Lipinski definition) is 3. The van der Waals surface area contributed by atoms with Gasteiger partial charge in [-0.1, -0.05) is 42.5 Å². The number of carbonyl (C=O) groups is 1. The van der Waals surface area contributed by atoms with Gasteiger partial charge in [0.25, 0.3) is 0 Å². The van der Waals surface area contributed by atoms with Crippen molar-refractivity contribution in [2.45, 2.75) is 82.5 Å². The summed E-state index contributed by atoms with van der Waals surface area (Å²) in [5, 5.41) is 3.38. The molecule has 5 heteroatoms. The van der Waals surface area contributed by atoms with Crippen molar-refractivity contribution in [3.63, 3.8) is 0 Å². The van der Waals surface area contributed by atoms with Crippen molar-refractivity contribution < 1.29 is 4.79 Å². The first kappa shape index (κ1) is 21.8. The minimum atomic E-state index is 0.101. The number of hydrogen-bond donors (Lipinski definition) is 1. The standard InChI is InChI=1S/C29H36N4O/c1-20-30-27-9-5-6-10-28(27)33(20)25-18-23-13-14-24(19-25)32(23)16-15-26(22-7-3-2-4-8-22)31-29(34)17-21-11-12-21/h2-10,21,23-26H,11-19H2,1H3,(H,31,34)/t23?,24?,25?,26-/m1/s1. The minimum Gasteiger partial charge on any atom is -0.349 e. The molecule has 1 aromatic heterocycles. The fourth-order valence-corrected chi connectivity index (χ4v) is 6.57. The number of amides is 1. The maximum atomic E-state index is 12.6. The first-order chi connectivity index (χ1) is 16.7. The Balaban J connectivity index is 1.14. The number of aryl methyl sites for hydroxylation is 1. The Morgan fingerprint density at radius 2 is 1.68 bits per heavy atom. The predicted octanol–water partition coefficient (Wildman–Crippen LogP) is 5.56. The molecule has 3 fully saturated rings. The highest BCUT2D eigenvalue weighted by molar-refractivity contribution is 5.77.